The molecule has 1 saturated heterocycles. The van der Waals surface area contributed by atoms with Crippen molar-refractivity contribution >= 4 is 28.3 Å². The molecule has 0 spiro atoms. The van der Waals surface area contributed by atoms with Crippen LogP contribution in [0.15, 0.2) is 48.5 Å². The summed E-state index contributed by atoms with van der Waals surface area (Å²) in [6, 6.07) is 11.7. The first-order valence-electron chi connectivity index (χ1n) is 8.60. The van der Waals surface area contributed by atoms with Gasteiger partial charge in [0, 0.05) is 29.7 Å². The van der Waals surface area contributed by atoms with E-state index in [1.807, 2.05) is 11.0 Å². The minimum absolute atomic E-state index is 0.249. The molecule has 2 heterocycles. The lowest BCUT2D eigenvalue weighted by Gasteiger charge is -2.28. The zero-order chi connectivity index (χ0) is 18.8. The molecule has 0 bridgehead atoms. The number of morpholine rings is 1. The van der Waals surface area contributed by atoms with Gasteiger partial charge in [0.05, 0.1) is 13.2 Å². The lowest BCUT2D eigenvalue weighted by molar-refractivity contribution is 0.102. The predicted molar refractivity (Wildman–Crippen MR) is 99.1 cm³/mol. The molecule has 1 fully saturated rings. The van der Waals surface area contributed by atoms with Gasteiger partial charge in [-0.25, -0.2) is 13.8 Å². The summed E-state index contributed by atoms with van der Waals surface area (Å²) in [6.07, 6.45) is 0. The molecule has 138 valence electrons. The second-order valence-corrected chi connectivity index (χ2v) is 6.26. The zero-order valence-corrected chi connectivity index (χ0v) is 14.4. The van der Waals surface area contributed by atoms with E-state index in [-0.39, 0.29) is 11.1 Å². The highest BCUT2D eigenvalue weighted by Crippen LogP contribution is 2.25. The number of pyridine rings is 1. The summed E-state index contributed by atoms with van der Waals surface area (Å²) in [5.41, 5.74) is 0.853. The lowest BCUT2D eigenvalue weighted by Crippen LogP contribution is -2.36. The van der Waals surface area contributed by atoms with E-state index in [1.54, 1.807) is 12.1 Å². The molecule has 0 radical (unpaired) electrons. The number of ether oxygens (including phenoxy) is 1. The van der Waals surface area contributed by atoms with Gasteiger partial charge in [-0.1, -0.05) is 0 Å². The molecule has 1 aliphatic rings. The van der Waals surface area contributed by atoms with E-state index >= 15 is 0 Å². The monoisotopic (exact) mass is 369 g/mol. The molecule has 2 aromatic carbocycles. The minimum Gasteiger partial charge on any atom is -0.378 e. The Balaban J connectivity index is 1.59. The minimum atomic E-state index is -0.517. The maximum absolute atomic E-state index is 14.6. The molecule has 7 heteroatoms. The number of fused-ring (bicyclic) bond motifs is 1. The van der Waals surface area contributed by atoms with Crippen molar-refractivity contribution in [1.29, 1.82) is 0 Å². The van der Waals surface area contributed by atoms with Crippen LogP contribution in [0, 0.1) is 11.6 Å². The molecule has 1 amide bonds. The normalized spacial score (nSPS) is 14.4. The first-order chi connectivity index (χ1) is 13.1. The first kappa shape index (κ1) is 17.4. The summed E-state index contributed by atoms with van der Waals surface area (Å²) in [5.74, 6) is -0.679. The molecule has 0 atom stereocenters. The van der Waals surface area contributed by atoms with Gasteiger partial charge in [0.25, 0.3) is 5.91 Å². The third-order valence-electron chi connectivity index (χ3n) is 4.43. The van der Waals surface area contributed by atoms with Crippen molar-refractivity contribution in [2.75, 3.05) is 36.5 Å². The largest absolute Gasteiger partial charge is 0.378 e. The van der Waals surface area contributed by atoms with E-state index < -0.39 is 17.5 Å². The Morgan fingerprint density at radius 2 is 1.78 bits per heavy atom. The summed E-state index contributed by atoms with van der Waals surface area (Å²) in [7, 11) is 0. The Hall–Kier alpha value is -3.06. The summed E-state index contributed by atoms with van der Waals surface area (Å²) in [4.78, 5) is 18.7. The number of nitrogens with one attached hydrogen (secondary N) is 1. The Labute approximate surface area is 154 Å². The van der Waals surface area contributed by atoms with Crippen LogP contribution < -0.4 is 10.2 Å². The van der Waals surface area contributed by atoms with E-state index in [1.165, 1.54) is 30.3 Å². The van der Waals surface area contributed by atoms with Crippen LogP contribution in [0.2, 0.25) is 0 Å². The number of hydrogen-bond acceptors (Lipinski definition) is 4. The van der Waals surface area contributed by atoms with Gasteiger partial charge in [0.1, 0.15) is 17.2 Å². The van der Waals surface area contributed by atoms with Crippen LogP contribution in [0.4, 0.5) is 20.3 Å². The lowest BCUT2D eigenvalue weighted by atomic mass is 10.1. The molecule has 4 rings (SSSR count). The highest BCUT2D eigenvalue weighted by atomic mass is 19.1. The van der Waals surface area contributed by atoms with E-state index in [4.69, 9.17) is 4.74 Å². The number of nitrogens with zero attached hydrogens (tertiary/aromatic N) is 2. The average molecular weight is 369 g/mol. The van der Waals surface area contributed by atoms with Crippen molar-refractivity contribution in [3.8, 4) is 0 Å². The number of carbonyl (C=O) groups excluding carboxylic acids is 1. The first-order valence-corrected chi connectivity index (χ1v) is 8.60. The topological polar surface area (TPSA) is 54.5 Å². The second-order valence-electron chi connectivity index (χ2n) is 6.26. The van der Waals surface area contributed by atoms with Crippen molar-refractivity contribution in [1.82, 2.24) is 4.98 Å². The summed E-state index contributed by atoms with van der Waals surface area (Å²) < 4.78 is 32.9. The number of amides is 1. The fraction of sp³-hybridized carbons (Fsp3) is 0.200. The summed E-state index contributed by atoms with van der Waals surface area (Å²) in [6.45, 7) is 2.67. The molecule has 0 saturated carbocycles. The molecular weight excluding hydrogens is 352 g/mol. The van der Waals surface area contributed by atoms with Crippen LogP contribution in [-0.2, 0) is 4.74 Å². The van der Waals surface area contributed by atoms with Gasteiger partial charge in [0.15, 0.2) is 5.82 Å². The molecule has 1 N–H and O–H groups in total. The number of aromatic nitrogens is 1. The van der Waals surface area contributed by atoms with E-state index in [2.05, 4.69) is 10.3 Å². The number of rotatable bonds is 3. The molecule has 1 aromatic heterocycles. The Morgan fingerprint density at radius 3 is 2.52 bits per heavy atom. The van der Waals surface area contributed by atoms with Crippen molar-refractivity contribution in [2.45, 2.75) is 0 Å². The standard InChI is InChI=1S/C20H17F2N3O2/c21-15-4-1-13(2-5-15)20(26)23-16-11-14-3-6-18(24-19(14)17(22)12-16)25-7-9-27-10-8-25/h1-6,11-12H,7-10H2,(H,23,26). The quantitative estimate of drug-likeness (QED) is 0.766. The van der Waals surface area contributed by atoms with Crippen molar-refractivity contribution < 1.29 is 18.3 Å². The number of halogens is 2. The van der Waals surface area contributed by atoms with Gasteiger partial charge in [-0.2, -0.15) is 0 Å². The Kier molecular flexibility index (Phi) is 4.68. The maximum atomic E-state index is 14.6. The second kappa shape index (κ2) is 7.28. The van der Waals surface area contributed by atoms with Crippen LogP contribution in [0.1, 0.15) is 10.4 Å². The summed E-state index contributed by atoms with van der Waals surface area (Å²) in [5, 5.41) is 3.22. The van der Waals surface area contributed by atoms with Crippen LogP contribution in [0.3, 0.4) is 0 Å². The molecule has 5 nitrogen and oxygen atoms in total. The van der Waals surface area contributed by atoms with E-state index in [9.17, 15) is 13.6 Å². The van der Waals surface area contributed by atoms with Crippen LogP contribution in [0.5, 0.6) is 0 Å². The third kappa shape index (κ3) is 3.73. The Morgan fingerprint density at radius 1 is 1.04 bits per heavy atom. The Bertz CT molecular complexity index is 986. The number of anilines is 2. The van der Waals surface area contributed by atoms with Gasteiger partial charge in [-0.15, -0.1) is 0 Å². The van der Waals surface area contributed by atoms with Gasteiger partial charge in [-0.3, -0.25) is 4.79 Å². The fourth-order valence-electron chi connectivity index (χ4n) is 3.03. The molecular formula is C20H17F2N3O2. The molecule has 0 unspecified atom stereocenters. The number of hydrogen-bond donors (Lipinski definition) is 1. The highest BCUT2D eigenvalue weighted by molar-refractivity contribution is 6.05. The predicted octanol–water partition coefficient (Wildman–Crippen LogP) is 3.60. The fourth-order valence-corrected chi connectivity index (χ4v) is 3.03. The van der Waals surface area contributed by atoms with Crippen LogP contribution >= 0.6 is 0 Å². The average Bonchev–Trinajstić information content (AvgIpc) is 2.69. The third-order valence-corrected chi connectivity index (χ3v) is 4.43. The smallest absolute Gasteiger partial charge is 0.255 e. The highest BCUT2D eigenvalue weighted by Gasteiger charge is 2.15. The van der Waals surface area contributed by atoms with Gasteiger partial charge < -0.3 is 15.0 Å². The SMILES string of the molecule is O=C(Nc1cc(F)c2nc(N3CCOCC3)ccc2c1)c1ccc(F)cc1. The number of benzene rings is 2. The molecule has 27 heavy (non-hydrogen) atoms. The van der Waals surface area contributed by atoms with Crippen LogP contribution in [0.25, 0.3) is 10.9 Å². The van der Waals surface area contributed by atoms with Crippen molar-refractivity contribution in [3.63, 3.8) is 0 Å². The van der Waals surface area contributed by atoms with Gasteiger partial charge in [0.2, 0.25) is 0 Å². The van der Waals surface area contributed by atoms with Gasteiger partial charge in [-0.05, 0) is 48.5 Å². The van der Waals surface area contributed by atoms with E-state index in [0.717, 1.165) is 0 Å². The van der Waals surface area contributed by atoms with E-state index in [0.29, 0.717) is 43.2 Å². The molecule has 0 aliphatic carbocycles. The maximum Gasteiger partial charge on any atom is 0.255 e. The van der Waals surface area contributed by atoms with Crippen molar-refractivity contribution in [2.24, 2.45) is 0 Å². The van der Waals surface area contributed by atoms with Crippen molar-refractivity contribution in [3.05, 3.63) is 65.7 Å². The number of carbonyl (C=O) groups is 1. The molecule has 3 aromatic rings. The van der Waals surface area contributed by atoms with Gasteiger partial charge >= 0.3 is 0 Å². The summed E-state index contributed by atoms with van der Waals surface area (Å²) >= 11 is 0. The van der Waals surface area contributed by atoms with Crippen LogP contribution in [-0.4, -0.2) is 37.2 Å². The molecule has 1 aliphatic heterocycles. The zero-order valence-electron chi connectivity index (χ0n) is 14.4.